The predicted molar refractivity (Wildman–Crippen MR) is 192 cm³/mol. The summed E-state index contributed by atoms with van der Waals surface area (Å²) >= 11 is 0. The van der Waals surface area contributed by atoms with Gasteiger partial charge < -0.3 is 34.7 Å². The summed E-state index contributed by atoms with van der Waals surface area (Å²) in [5, 5.41) is 56.2. The zero-order chi connectivity index (χ0) is 37.4. The van der Waals surface area contributed by atoms with Crippen LogP contribution in [0.1, 0.15) is 10.4 Å². The first-order valence-corrected chi connectivity index (χ1v) is 17.5. The van der Waals surface area contributed by atoms with Crippen molar-refractivity contribution >= 4 is 88.3 Å². The molecule has 19 heteroatoms. The molecule has 6 aromatic rings. The normalized spacial score (nSPS) is 12.8. The topological polar surface area (TPSA) is 293 Å². The molecule has 0 heterocycles. The Morgan fingerprint density at radius 1 is 0.615 bits per heavy atom. The molecule has 52 heavy (non-hydrogen) atoms. The Bertz CT molecular complexity index is 2630. The molecule has 0 fully saturated rings. The van der Waals surface area contributed by atoms with Crippen LogP contribution in [0, 0.1) is 0 Å². The predicted octanol–water partition coefficient (Wildman–Crippen LogP) is 9.76. The van der Waals surface area contributed by atoms with Crippen LogP contribution in [0.5, 0.6) is 11.5 Å². The Morgan fingerprint density at radius 3 is 1.92 bits per heavy atom. The quantitative estimate of drug-likeness (QED) is 0.0391. The van der Waals surface area contributed by atoms with Gasteiger partial charge in [-0.15, -0.1) is 20.5 Å². The van der Waals surface area contributed by atoms with Gasteiger partial charge in [0.05, 0.1) is 38.1 Å². The first kappa shape index (κ1) is 35.5. The summed E-state index contributed by atoms with van der Waals surface area (Å²) in [6.07, 6.45) is 0. The van der Waals surface area contributed by atoms with Gasteiger partial charge in [-0.05, 0) is 78.2 Å². The summed E-state index contributed by atoms with van der Waals surface area (Å²) < 4.78 is 63.5. The van der Waals surface area contributed by atoms with Gasteiger partial charge in [0, 0.05) is 27.9 Å². The molecule has 17 nitrogen and oxygen atoms in total. The molecule has 0 aromatic heterocycles. The van der Waals surface area contributed by atoms with Crippen molar-refractivity contribution in [2.24, 2.45) is 30.7 Å². The Labute approximate surface area is 294 Å². The van der Waals surface area contributed by atoms with E-state index < -0.39 is 53.9 Å². The number of carbonyl (C=O) groups is 1. The van der Waals surface area contributed by atoms with Crippen molar-refractivity contribution in [1.82, 2.24) is 0 Å². The van der Waals surface area contributed by atoms with E-state index in [4.69, 9.17) is 5.73 Å². The maximum atomic E-state index is 11.9. The molecule has 264 valence electrons. The van der Waals surface area contributed by atoms with Gasteiger partial charge in [0.2, 0.25) is 0 Å². The van der Waals surface area contributed by atoms with E-state index in [-0.39, 0.29) is 44.8 Å². The molecule has 6 rings (SSSR count). The highest BCUT2D eigenvalue weighted by Gasteiger charge is 2.25. The van der Waals surface area contributed by atoms with Crippen molar-refractivity contribution in [3.8, 4) is 11.5 Å². The van der Waals surface area contributed by atoms with Gasteiger partial charge in [0.25, 0.3) is 10.1 Å². The smallest absolute Gasteiger partial charge is 0.335 e. The molecule has 0 aliphatic heterocycles. The maximum Gasteiger partial charge on any atom is 0.335 e. The molecule has 0 atom stereocenters. The second kappa shape index (κ2) is 13.8. The minimum absolute atomic E-state index is 0.00314. The van der Waals surface area contributed by atoms with E-state index >= 15 is 0 Å². The number of hydrogen-bond donors (Lipinski definition) is 8. The van der Waals surface area contributed by atoms with Crippen LogP contribution in [-0.2, 0) is 10.1 Å². The molecular formula is C33H25N7O10S2. The highest BCUT2D eigenvalue weighted by atomic mass is 32.3. The third-order valence-corrected chi connectivity index (χ3v) is 9.22. The largest absolute Gasteiger partial charge is 0.506 e. The number of hydrogen-bond acceptors (Lipinski definition) is 15. The van der Waals surface area contributed by atoms with Crippen LogP contribution in [-0.4, -0.2) is 47.9 Å². The van der Waals surface area contributed by atoms with Crippen LogP contribution in [0.4, 0.5) is 39.8 Å². The molecule has 0 aliphatic rings. The SMILES string of the molecule is Nc1ccc2cc(S(O)(O)O)c(N=Nc3ccc(N=Nc4ccc(N=Nc5cccc(C(=O)O)c5)c5ccc(S(=O)(=O)O)cc45)cc3O)c(O)c2c1. The first-order valence-electron chi connectivity index (χ1n) is 14.6. The Morgan fingerprint density at radius 2 is 1.27 bits per heavy atom. The van der Waals surface area contributed by atoms with Crippen LogP contribution >= 0.6 is 10.9 Å². The third-order valence-electron chi connectivity index (χ3n) is 7.47. The van der Waals surface area contributed by atoms with Gasteiger partial charge >= 0.3 is 5.97 Å². The number of phenols is 2. The van der Waals surface area contributed by atoms with Gasteiger partial charge in [-0.2, -0.15) is 18.6 Å². The lowest BCUT2D eigenvalue weighted by molar-refractivity contribution is 0.0696. The van der Waals surface area contributed by atoms with Crippen LogP contribution in [0.2, 0.25) is 0 Å². The fourth-order valence-corrected chi connectivity index (χ4v) is 6.17. The summed E-state index contributed by atoms with van der Waals surface area (Å²) in [5.41, 5.74) is 6.25. The number of azo groups is 3. The van der Waals surface area contributed by atoms with E-state index in [0.717, 1.165) is 12.1 Å². The minimum atomic E-state index is -4.62. The fourth-order valence-electron chi connectivity index (χ4n) is 4.98. The summed E-state index contributed by atoms with van der Waals surface area (Å²) in [6.45, 7) is 0. The number of nitrogens with two attached hydrogens (primary N) is 1. The minimum Gasteiger partial charge on any atom is -0.506 e. The molecule has 0 amide bonds. The Balaban J connectivity index is 1.33. The second-order valence-corrected chi connectivity index (χ2v) is 13.9. The van der Waals surface area contributed by atoms with Gasteiger partial charge in [-0.3, -0.25) is 4.55 Å². The van der Waals surface area contributed by atoms with E-state index in [2.05, 4.69) is 30.7 Å². The fraction of sp³-hybridized carbons (Fsp3) is 0. The molecule has 0 bridgehead atoms. The molecule has 0 unspecified atom stereocenters. The standard InChI is InChI=1S/C33H25N7O10S2/c34-19-5-4-17-13-30(52(48,49)50)31(32(42)24(17)14-19)40-39-28-9-6-21(15-29(28)41)36-38-27-11-10-26(23-8-7-22(16-25(23)27)51(45,46)47)37-35-20-3-1-2-18(12-20)33(43)44/h1-16,41-42,48-50H,34H2,(H,43,44)(H,45,46,47). The average molecular weight is 744 g/mol. The molecule has 0 spiro atoms. The number of carboxylic acids is 1. The van der Waals surface area contributed by atoms with Gasteiger partial charge in [0.1, 0.15) is 28.0 Å². The van der Waals surface area contributed by atoms with E-state index in [1.807, 2.05) is 0 Å². The summed E-state index contributed by atoms with van der Waals surface area (Å²) in [5.74, 6) is -2.15. The zero-order valence-electron chi connectivity index (χ0n) is 26.2. The molecule has 0 saturated carbocycles. The number of benzene rings is 6. The number of nitrogens with zero attached hydrogens (tertiary/aromatic N) is 6. The average Bonchev–Trinajstić information content (AvgIpc) is 3.09. The van der Waals surface area contributed by atoms with E-state index in [9.17, 15) is 46.7 Å². The number of aromatic hydroxyl groups is 2. The lowest BCUT2D eigenvalue weighted by atomic mass is 10.1. The zero-order valence-corrected chi connectivity index (χ0v) is 27.8. The van der Waals surface area contributed by atoms with Crippen molar-refractivity contribution in [3.05, 3.63) is 103 Å². The van der Waals surface area contributed by atoms with E-state index in [1.54, 1.807) is 6.07 Å². The molecule has 0 saturated heterocycles. The highest BCUT2D eigenvalue weighted by Crippen LogP contribution is 2.54. The number of rotatable bonds is 9. The number of phenolic OH excluding ortho intramolecular Hbond substituents is 2. The van der Waals surface area contributed by atoms with Crippen molar-refractivity contribution < 1.29 is 46.7 Å². The third kappa shape index (κ3) is 7.54. The van der Waals surface area contributed by atoms with Crippen LogP contribution in [0.3, 0.4) is 0 Å². The number of fused-ring (bicyclic) bond motifs is 2. The number of nitrogen functional groups attached to an aromatic ring is 1. The van der Waals surface area contributed by atoms with Gasteiger partial charge in [-0.1, -0.05) is 18.2 Å². The van der Waals surface area contributed by atoms with Crippen molar-refractivity contribution in [2.45, 2.75) is 9.79 Å². The molecule has 9 N–H and O–H groups in total. The van der Waals surface area contributed by atoms with Crippen molar-refractivity contribution in [2.75, 3.05) is 5.73 Å². The summed E-state index contributed by atoms with van der Waals surface area (Å²) in [4.78, 5) is 10.4. The number of carboxylic acid groups (broad SMARTS) is 1. The van der Waals surface area contributed by atoms with Gasteiger partial charge in [0.15, 0.2) is 5.75 Å². The van der Waals surface area contributed by atoms with Crippen LogP contribution in [0.25, 0.3) is 21.5 Å². The monoisotopic (exact) mass is 743 g/mol. The molecule has 0 radical (unpaired) electrons. The summed E-state index contributed by atoms with van der Waals surface area (Å²) in [7, 11) is -8.99. The number of anilines is 1. The lowest BCUT2D eigenvalue weighted by Crippen LogP contribution is -1.97. The highest BCUT2D eigenvalue weighted by molar-refractivity contribution is 8.19. The van der Waals surface area contributed by atoms with E-state index in [1.165, 1.54) is 78.9 Å². The molecule has 0 aliphatic carbocycles. The Kier molecular flexibility index (Phi) is 9.38. The van der Waals surface area contributed by atoms with Crippen LogP contribution < -0.4 is 5.73 Å². The van der Waals surface area contributed by atoms with Crippen molar-refractivity contribution in [3.63, 3.8) is 0 Å². The maximum absolute atomic E-state index is 11.9. The van der Waals surface area contributed by atoms with Gasteiger partial charge in [-0.25, -0.2) is 4.79 Å². The first-order chi connectivity index (χ1) is 24.6. The Hall–Kier alpha value is -6.35. The molecular weight excluding hydrogens is 719 g/mol. The number of aromatic carboxylic acids is 1. The second-order valence-electron chi connectivity index (χ2n) is 11.0. The lowest BCUT2D eigenvalue weighted by Gasteiger charge is -2.22. The van der Waals surface area contributed by atoms with Crippen LogP contribution in [0.15, 0.2) is 138 Å². The molecule has 6 aromatic carbocycles. The van der Waals surface area contributed by atoms with Crippen molar-refractivity contribution in [1.29, 1.82) is 0 Å². The summed E-state index contributed by atoms with van der Waals surface area (Å²) in [6, 6.07) is 21.9. The van der Waals surface area contributed by atoms with E-state index in [0.29, 0.717) is 16.5 Å².